The SMILES string of the molecule is C=C[C@@H]1C[C@]1(NC(=O)[C@@H]1C[C@@H]2CN1C(=O)[C@H](C(C)(C)C)NC(=O)OCCCCC/C=C/c1cccc(c1)-c1nn2nc1-c1ccccc1)C(=O)O. The van der Waals surface area contributed by atoms with E-state index < -0.39 is 58.9 Å². The van der Waals surface area contributed by atoms with Gasteiger partial charge in [-0.3, -0.25) is 9.59 Å². The molecule has 51 heavy (non-hydrogen) atoms. The Labute approximate surface area is 297 Å². The molecule has 3 N–H and O–H groups in total. The summed E-state index contributed by atoms with van der Waals surface area (Å²) in [6, 6.07) is 15.1. The highest BCUT2D eigenvalue weighted by molar-refractivity contribution is 5.96. The molecule has 3 amide bonds. The van der Waals surface area contributed by atoms with Crippen LogP contribution in [0.1, 0.15) is 70.9 Å². The number of ether oxygens (including phenoxy) is 1. The molecule has 6 rings (SSSR count). The number of hydrogen-bond donors (Lipinski definition) is 3. The summed E-state index contributed by atoms with van der Waals surface area (Å²) in [5.74, 6) is -2.68. The maximum absolute atomic E-state index is 14.5. The Kier molecular flexibility index (Phi) is 10.1. The molecule has 3 heterocycles. The number of carboxylic acids is 1. The van der Waals surface area contributed by atoms with Gasteiger partial charge in [-0.25, -0.2) is 9.59 Å². The van der Waals surface area contributed by atoms with Crippen molar-refractivity contribution in [2.75, 3.05) is 13.2 Å². The summed E-state index contributed by atoms with van der Waals surface area (Å²) in [5, 5.41) is 25.5. The third kappa shape index (κ3) is 7.59. The van der Waals surface area contributed by atoms with Crippen LogP contribution in [-0.2, 0) is 19.1 Å². The average Bonchev–Trinajstić information content (AvgIpc) is 3.41. The van der Waals surface area contributed by atoms with Crippen LogP contribution >= 0.6 is 0 Å². The summed E-state index contributed by atoms with van der Waals surface area (Å²) in [6.07, 6.45) is 8.69. The first-order valence-corrected chi connectivity index (χ1v) is 17.6. The fourth-order valence-corrected chi connectivity index (χ4v) is 6.95. The minimum absolute atomic E-state index is 0.0519. The number of aromatic nitrogens is 3. The molecule has 0 unspecified atom stereocenters. The minimum atomic E-state index is -1.49. The van der Waals surface area contributed by atoms with Crippen LogP contribution in [0.15, 0.2) is 73.3 Å². The number of aliphatic carboxylic acids is 1. The molecule has 2 aromatic carbocycles. The number of rotatable bonds is 5. The summed E-state index contributed by atoms with van der Waals surface area (Å²) in [7, 11) is 0. The van der Waals surface area contributed by atoms with E-state index >= 15 is 0 Å². The Balaban J connectivity index is 1.43. The fraction of sp³-hybridized carbons (Fsp3) is 0.436. The molecule has 6 bridgehead atoms. The molecule has 3 aliphatic rings. The van der Waals surface area contributed by atoms with Gasteiger partial charge in [-0.15, -0.1) is 6.58 Å². The number of benzene rings is 2. The van der Waals surface area contributed by atoms with Crippen molar-refractivity contribution in [3.8, 4) is 22.5 Å². The molecule has 2 aliphatic heterocycles. The lowest BCUT2D eigenvalue weighted by Gasteiger charge is -2.35. The van der Waals surface area contributed by atoms with Gasteiger partial charge in [0.05, 0.1) is 12.6 Å². The number of hydrogen-bond acceptors (Lipinski definition) is 7. The predicted molar refractivity (Wildman–Crippen MR) is 192 cm³/mol. The number of fused-ring (bicyclic) bond motifs is 8. The van der Waals surface area contributed by atoms with Gasteiger partial charge in [-0.05, 0) is 49.1 Å². The Hall–Kier alpha value is -5.26. The number of carbonyl (C=O) groups excluding carboxylic acids is 3. The van der Waals surface area contributed by atoms with Crippen molar-refractivity contribution >= 4 is 30.0 Å². The molecule has 3 aromatic rings. The molecule has 12 nitrogen and oxygen atoms in total. The van der Waals surface area contributed by atoms with E-state index in [0.717, 1.165) is 36.0 Å². The van der Waals surface area contributed by atoms with Gasteiger partial charge >= 0.3 is 12.1 Å². The van der Waals surface area contributed by atoms with Crippen molar-refractivity contribution in [1.29, 1.82) is 0 Å². The van der Waals surface area contributed by atoms with Crippen LogP contribution in [0.25, 0.3) is 28.6 Å². The number of carbonyl (C=O) groups is 4. The van der Waals surface area contributed by atoms with Gasteiger partial charge in [0.2, 0.25) is 11.8 Å². The van der Waals surface area contributed by atoms with E-state index in [-0.39, 0.29) is 26.0 Å². The highest BCUT2D eigenvalue weighted by Gasteiger charge is 2.61. The van der Waals surface area contributed by atoms with Gasteiger partial charge in [0.1, 0.15) is 29.0 Å². The monoisotopic (exact) mass is 694 g/mol. The van der Waals surface area contributed by atoms with Crippen molar-refractivity contribution in [1.82, 2.24) is 30.5 Å². The number of alkyl carbamates (subject to hydrolysis) is 1. The van der Waals surface area contributed by atoms with Crippen molar-refractivity contribution in [2.45, 2.75) is 83.0 Å². The van der Waals surface area contributed by atoms with Crippen molar-refractivity contribution in [2.24, 2.45) is 11.3 Å². The summed E-state index contributed by atoms with van der Waals surface area (Å²) in [5.41, 5.74) is 1.80. The van der Waals surface area contributed by atoms with Crippen molar-refractivity contribution < 1.29 is 29.0 Å². The van der Waals surface area contributed by atoms with Crippen LogP contribution < -0.4 is 10.6 Å². The molecule has 5 atom stereocenters. The van der Waals surface area contributed by atoms with Crippen LogP contribution in [0.5, 0.6) is 0 Å². The second-order valence-corrected chi connectivity index (χ2v) is 14.7. The van der Waals surface area contributed by atoms with E-state index in [9.17, 15) is 24.3 Å². The van der Waals surface area contributed by atoms with Gasteiger partial charge in [-0.1, -0.05) is 87.5 Å². The molecule has 0 spiro atoms. The van der Waals surface area contributed by atoms with Crippen molar-refractivity contribution in [3.05, 3.63) is 78.9 Å². The van der Waals surface area contributed by atoms with Gasteiger partial charge in [0.25, 0.3) is 0 Å². The van der Waals surface area contributed by atoms with E-state index in [0.29, 0.717) is 17.8 Å². The molecule has 1 aliphatic carbocycles. The molecule has 12 heteroatoms. The summed E-state index contributed by atoms with van der Waals surface area (Å²) < 4.78 is 5.48. The second-order valence-electron chi connectivity index (χ2n) is 14.7. The van der Waals surface area contributed by atoms with E-state index in [1.165, 1.54) is 11.0 Å². The highest BCUT2D eigenvalue weighted by atomic mass is 16.5. The lowest BCUT2D eigenvalue weighted by atomic mass is 9.85. The first-order chi connectivity index (χ1) is 24.4. The van der Waals surface area contributed by atoms with Gasteiger partial charge in [0.15, 0.2) is 0 Å². The molecule has 1 saturated carbocycles. The van der Waals surface area contributed by atoms with Crippen LogP contribution in [0.2, 0.25) is 0 Å². The number of cyclic esters (lactones) is 1. The maximum Gasteiger partial charge on any atom is 0.407 e. The lowest BCUT2D eigenvalue weighted by Crippen LogP contribution is -2.59. The zero-order chi connectivity index (χ0) is 36.3. The van der Waals surface area contributed by atoms with E-state index in [4.69, 9.17) is 14.9 Å². The average molecular weight is 695 g/mol. The third-order valence-corrected chi connectivity index (χ3v) is 9.99. The van der Waals surface area contributed by atoms with Gasteiger partial charge in [0, 0.05) is 30.0 Å². The number of allylic oxidation sites excluding steroid dienone is 1. The minimum Gasteiger partial charge on any atom is -0.479 e. The normalized spacial score (nSPS) is 26.2. The number of amides is 3. The third-order valence-electron chi connectivity index (χ3n) is 9.99. The fourth-order valence-electron chi connectivity index (χ4n) is 6.95. The lowest BCUT2D eigenvalue weighted by molar-refractivity contribution is -0.146. The number of carboxylic acid groups (broad SMARTS) is 1. The van der Waals surface area contributed by atoms with Crippen LogP contribution in [-0.4, -0.2) is 79.7 Å². The van der Waals surface area contributed by atoms with Crippen LogP contribution in [0.3, 0.4) is 0 Å². The second kappa shape index (κ2) is 14.5. The van der Waals surface area contributed by atoms with Crippen LogP contribution in [0, 0.1) is 11.3 Å². The first kappa shape index (κ1) is 35.6. The molecular formula is C39H46N6O6. The first-order valence-electron chi connectivity index (χ1n) is 17.6. The van der Waals surface area contributed by atoms with E-state index in [1.54, 1.807) is 4.80 Å². The molecule has 268 valence electrons. The topological polar surface area (TPSA) is 156 Å². The number of nitrogens with one attached hydrogen (secondary N) is 2. The smallest absolute Gasteiger partial charge is 0.407 e. The molecule has 1 aromatic heterocycles. The molecule has 1 saturated heterocycles. The Morgan fingerprint density at radius 1 is 1.04 bits per heavy atom. The zero-order valence-electron chi connectivity index (χ0n) is 29.4. The summed E-state index contributed by atoms with van der Waals surface area (Å²) in [6.45, 7) is 9.47. The largest absolute Gasteiger partial charge is 0.479 e. The Morgan fingerprint density at radius 2 is 1.76 bits per heavy atom. The predicted octanol–water partition coefficient (Wildman–Crippen LogP) is 5.63. The Bertz CT molecular complexity index is 1830. The highest BCUT2D eigenvalue weighted by Crippen LogP contribution is 2.45. The zero-order valence-corrected chi connectivity index (χ0v) is 29.4. The Morgan fingerprint density at radius 3 is 2.45 bits per heavy atom. The standard InChI is InChI=1S/C39H46N6O6/c1-5-28-23-39(28,36(48)49)41-34(46)30-22-29-24-44(30)35(47)33(38(2,3)4)40-37(50)51-20-13-8-6-7-10-15-25-16-14-19-27(21-25)32-31(42-45(29)43-32)26-17-11-9-12-18-26/h5,9-12,14-19,21,28-30,33H,1,6-8,13,20,22-24H2,2-4H3,(H,40,50)(H,41,46)(H,48,49)/b15-10+/t28-,29-,30+,33-,39-/m1/s1. The quantitative estimate of drug-likeness (QED) is 0.291. The maximum atomic E-state index is 14.5. The van der Waals surface area contributed by atoms with Crippen molar-refractivity contribution in [3.63, 3.8) is 0 Å². The number of nitrogens with zero attached hydrogens (tertiary/aromatic N) is 4. The molecular weight excluding hydrogens is 648 g/mol. The van der Waals surface area contributed by atoms with Gasteiger partial charge in [-0.2, -0.15) is 15.0 Å². The van der Waals surface area contributed by atoms with Crippen LogP contribution in [0.4, 0.5) is 4.79 Å². The summed E-state index contributed by atoms with van der Waals surface area (Å²) in [4.78, 5) is 56.9. The van der Waals surface area contributed by atoms with Gasteiger partial charge < -0.3 is 25.4 Å². The summed E-state index contributed by atoms with van der Waals surface area (Å²) >= 11 is 0. The molecule has 0 radical (unpaired) electrons. The molecule has 2 fully saturated rings. The van der Waals surface area contributed by atoms with E-state index in [2.05, 4.69) is 35.4 Å². The van der Waals surface area contributed by atoms with E-state index in [1.807, 2.05) is 69.3 Å².